The number of pyridine rings is 1. The Morgan fingerprint density at radius 2 is 1.70 bits per heavy atom. The van der Waals surface area contributed by atoms with Gasteiger partial charge in [-0.15, -0.1) is 10.2 Å². The van der Waals surface area contributed by atoms with E-state index < -0.39 is 0 Å². The Bertz CT molecular complexity index is 1170. The molecule has 0 amide bonds. The number of halogens is 2. The highest BCUT2D eigenvalue weighted by atomic mass is 35.5. The van der Waals surface area contributed by atoms with Crippen LogP contribution in [-0.4, -0.2) is 10.2 Å². The normalized spacial score (nSPS) is 10.9. The van der Waals surface area contributed by atoms with Crippen molar-refractivity contribution in [3.8, 4) is 22.9 Å². The van der Waals surface area contributed by atoms with Crippen molar-refractivity contribution in [2.75, 3.05) is 0 Å². The lowest BCUT2D eigenvalue weighted by Crippen LogP contribution is -2.28. The zero-order valence-electron chi connectivity index (χ0n) is 14.2. The molecule has 0 spiro atoms. The van der Waals surface area contributed by atoms with Gasteiger partial charge >= 0.3 is 0 Å². The smallest absolute Gasteiger partial charge is 0.247 e. The molecule has 0 radical (unpaired) electrons. The number of fused-ring (bicyclic) bond motifs is 1. The van der Waals surface area contributed by atoms with Crippen LogP contribution in [0, 0.1) is 12.1 Å². The predicted molar refractivity (Wildman–Crippen MR) is 105 cm³/mol. The van der Waals surface area contributed by atoms with Crippen LogP contribution in [0.2, 0.25) is 10.0 Å². The maximum Gasteiger partial charge on any atom is 0.247 e. The van der Waals surface area contributed by atoms with Crippen molar-refractivity contribution in [1.82, 2.24) is 10.2 Å². The van der Waals surface area contributed by atoms with Gasteiger partial charge in [0, 0.05) is 29.3 Å². The summed E-state index contributed by atoms with van der Waals surface area (Å²) in [6, 6.07) is 16.3. The third-order valence-electron chi connectivity index (χ3n) is 4.14. The number of ether oxygens (including phenoxy) is 1. The van der Waals surface area contributed by atoms with E-state index in [2.05, 4.69) is 10.2 Å². The molecule has 0 aliphatic rings. The van der Waals surface area contributed by atoms with Crippen molar-refractivity contribution in [2.45, 2.75) is 6.92 Å². The Morgan fingerprint density at radius 1 is 0.926 bits per heavy atom. The number of hydrogen-bond acceptors (Lipinski definition) is 4. The molecule has 4 rings (SSSR count). The highest BCUT2D eigenvalue weighted by molar-refractivity contribution is 6.42. The lowest BCUT2D eigenvalue weighted by molar-refractivity contribution is -0.612. The number of benzene rings is 2. The number of hydrogen-bond donors (Lipinski definition) is 0. The van der Waals surface area contributed by atoms with Gasteiger partial charge in [-0.25, -0.2) is 0 Å². The van der Waals surface area contributed by atoms with Crippen LogP contribution in [0.5, 0.6) is 11.6 Å². The van der Waals surface area contributed by atoms with E-state index in [1.165, 1.54) is 6.20 Å². The Hall–Kier alpha value is -2.89. The molecule has 134 valence electrons. The van der Waals surface area contributed by atoms with E-state index in [-0.39, 0.29) is 0 Å². The minimum Gasteiger partial charge on any atom is -0.618 e. The number of rotatable bonds is 3. The van der Waals surface area contributed by atoms with Gasteiger partial charge in [-0.1, -0.05) is 47.5 Å². The summed E-state index contributed by atoms with van der Waals surface area (Å²) in [5.74, 6) is 0.704. The van der Waals surface area contributed by atoms with Crippen molar-refractivity contribution in [3.63, 3.8) is 0 Å². The highest BCUT2D eigenvalue weighted by Gasteiger charge is 2.14. The van der Waals surface area contributed by atoms with E-state index >= 15 is 0 Å². The summed E-state index contributed by atoms with van der Waals surface area (Å²) in [6.07, 6.45) is 1.36. The van der Waals surface area contributed by atoms with Crippen LogP contribution in [0.1, 0.15) is 5.69 Å². The van der Waals surface area contributed by atoms with Gasteiger partial charge in [0.05, 0.1) is 10.0 Å². The third-order valence-corrected chi connectivity index (χ3v) is 4.88. The van der Waals surface area contributed by atoms with Gasteiger partial charge in [0.25, 0.3) is 0 Å². The summed E-state index contributed by atoms with van der Waals surface area (Å²) in [7, 11) is 0. The molecule has 5 nitrogen and oxygen atoms in total. The van der Waals surface area contributed by atoms with E-state index in [0.717, 1.165) is 21.1 Å². The first-order chi connectivity index (χ1) is 13.0. The summed E-state index contributed by atoms with van der Waals surface area (Å²) in [5.41, 5.74) is 2.04. The summed E-state index contributed by atoms with van der Waals surface area (Å²) in [4.78, 5) is 0. The van der Waals surface area contributed by atoms with Crippen molar-refractivity contribution in [3.05, 3.63) is 81.7 Å². The molecule has 0 fully saturated rings. The highest BCUT2D eigenvalue weighted by Crippen LogP contribution is 2.34. The molecule has 2 aromatic carbocycles. The van der Waals surface area contributed by atoms with Gasteiger partial charge in [-0.2, -0.15) is 4.73 Å². The van der Waals surface area contributed by atoms with Gasteiger partial charge in [0.1, 0.15) is 5.69 Å². The first kappa shape index (κ1) is 17.5. The van der Waals surface area contributed by atoms with Crippen LogP contribution >= 0.6 is 23.2 Å². The summed E-state index contributed by atoms with van der Waals surface area (Å²) in [5, 5.41) is 22.9. The second kappa shape index (κ2) is 7.02. The summed E-state index contributed by atoms with van der Waals surface area (Å²) in [6.45, 7) is 1.72. The molecular weight excluding hydrogens is 385 g/mol. The molecule has 0 N–H and O–H groups in total. The Balaban J connectivity index is 1.82. The fourth-order valence-corrected chi connectivity index (χ4v) is 3.02. The van der Waals surface area contributed by atoms with E-state index in [1.807, 2.05) is 30.3 Å². The van der Waals surface area contributed by atoms with Crippen LogP contribution in [0.15, 0.2) is 60.8 Å². The van der Waals surface area contributed by atoms with Gasteiger partial charge in [-0.05, 0) is 24.3 Å². The zero-order valence-corrected chi connectivity index (χ0v) is 15.7. The summed E-state index contributed by atoms with van der Waals surface area (Å²) < 4.78 is 6.56. The minimum absolute atomic E-state index is 0.318. The van der Waals surface area contributed by atoms with E-state index in [1.54, 1.807) is 31.2 Å². The predicted octanol–water partition coefficient (Wildman–Crippen LogP) is 5.34. The Labute approximate surface area is 165 Å². The Morgan fingerprint density at radius 3 is 2.44 bits per heavy atom. The number of aromatic nitrogens is 3. The van der Waals surface area contributed by atoms with E-state index in [4.69, 9.17) is 27.9 Å². The van der Waals surface area contributed by atoms with Crippen LogP contribution in [0.25, 0.3) is 22.0 Å². The molecule has 0 atom stereocenters. The monoisotopic (exact) mass is 397 g/mol. The molecule has 0 aliphatic heterocycles. The molecule has 0 saturated heterocycles. The molecule has 2 heterocycles. The fraction of sp³-hybridized carbons (Fsp3) is 0.0500. The second-order valence-corrected chi connectivity index (χ2v) is 6.78. The standard InChI is InChI=1S/C20H13Cl2N3O2/c1-12-6-8-14(11-25(12)26)27-20-16-5-3-2-4-15(16)19(23-24-20)13-7-9-17(21)18(22)10-13/h2-11H,1H3. The van der Waals surface area contributed by atoms with Crippen molar-refractivity contribution in [1.29, 1.82) is 0 Å². The largest absolute Gasteiger partial charge is 0.618 e. The van der Waals surface area contributed by atoms with Gasteiger partial charge in [-0.3, -0.25) is 0 Å². The lowest BCUT2D eigenvalue weighted by Gasteiger charge is -2.11. The Kier molecular flexibility index (Phi) is 4.56. The van der Waals surface area contributed by atoms with Gasteiger partial charge < -0.3 is 9.94 Å². The maximum absolute atomic E-state index is 11.8. The number of aryl methyl sites for hydroxylation is 1. The zero-order chi connectivity index (χ0) is 19.0. The number of nitrogens with zero attached hydrogens (tertiary/aromatic N) is 3. The fourth-order valence-electron chi connectivity index (χ4n) is 2.72. The van der Waals surface area contributed by atoms with Crippen molar-refractivity contribution in [2.24, 2.45) is 0 Å². The molecule has 0 saturated carbocycles. The van der Waals surface area contributed by atoms with Crippen molar-refractivity contribution >= 4 is 34.0 Å². The lowest BCUT2D eigenvalue weighted by atomic mass is 10.1. The molecule has 4 aromatic rings. The average Bonchev–Trinajstić information content (AvgIpc) is 2.67. The molecule has 0 bridgehead atoms. The first-order valence-corrected chi connectivity index (χ1v) is 8.87. The van der Waals surface area contributed by atoms with Crippen molar-refractivity contribution < 1.29 is 9.47 Å². The summed E-state index contributed by atoms with van der Waals surface area (Å²) >= 11 is 12.2. The SMILES string of the molecule is Cc1ccc(Oc2nnc(-c3ccc(Cl)c(Cl)c3)c3ccccc23)c[n+]1[O-]. The van der Waals surface area contributed by atoms with Crippen LogP contribution in [0.4, 0.5) is 0 Å². The quantitative estimate of drug-likeness (QED) is 0.345. The topological polar surface area (TPSA) is 62.0 Å². The van der Waals surface area contributed by atoms with Crippen LogP contribution in [0.3, 0.4) is 0 Å². The molecular formula is C20H13Cl2N3O2. The maximum atomic E-state index is 11.8. The third kappa shape index (κ3) is 3.39. The van der Waals surface area contributed by atoms with E-state index in [9.17, 15) is 5.21 Å². The molecule has 27 heavy (non-hydrogen) atoms. The van der Waals surface area contributed by atoms with Crippen LogP contribution < -0.4 is 9.47 Å². The first-order valence-electron chi connectivity index (χ1n) is 8.11. The molecule has 7 heteroatoms. The molecule has 2 aromatic heterocycles. The average molecular weight is 398 g/mol. The molecule has 0 aliphatic carbocycles. The second-order valence-electron chi connectivity index (χ2n) is 5.96. The van der Waals surface area contributed by atoms with Gasteiger partial charge in [0.15, 0.2) is 11.4 Å². The van der Waals surface area contributed by atoms with Gasteiger partial charge in [0.2, 0.25) is 12.1 Å². The van der Waals surface area contributed by atoms with Crippen LogP contribution in [-0.2, 0) is 0 Å². The minimum atomic E-state index is 0.318. The molecule has 0 unspecified atom stereocenters. The van der Waals surface area contributed by atoms with E-state index in [0.29, 0.717) is 33.1 Å².